The summed E-state index contributed by atoms with van der Waals surface area (Å²) in [5.41, 5.74) is 5.49. The number of halogens is 2. The van der Waals surface area contributed by atoms with Crippen molar-refractivity contribution in [2.45, 2.75) is 13.0 Å². The van der Waals surface area contributed by atoms with E-state index in [1.165, 1.54) is 12.1 Å². The fourth-order valence-corrected chi connectivity index (χ4v) is 2.86. The van der Waals surface area contributed by atoms with E-state index in [2.05, 4.69) is 21.4 Å². The van der Waals surface area contributed by atoms with Gasteiger partial charge in [-0.2, -0.15) is 0 Å². The van der Waals surface area contributed by atoms with Gasteiger partial charge in [0.05, 0.1) is 0 Å². The number of fused-ring (bicyclic) bond motifs is 1. The Balaban J connectivity index is 2.11. The van der Waals surface area contributed by atoms with Gasteiger partial charge in [0.2, 0.25) is 0 Å². The summed E-state index contributed by atoms with van der Waals surface area (Å²) in [5, 5.41) is 0.717. The van der Waals surface area contributed by atoms with Gasteiger partial charge >= 0.3 is 0 Å². The Hall–Kier alpha value is -1.69. The van der Waals surface area contributed by atoms with Crippen molar-refractivity contribution in [3.05, 3.63) is 69.6 Å². The predicted octanol–water partition coefficient (Wildman–Crippen LogP) is 4.20. The van der Waals surface area contributed by atoms with Crippen LogP contribution in [0, 0.1) is 12.7 Å². The summed E-state index contributed by atoms with van der Waals surface area (Å²) in [6.45, 7) is 2.01. The van der Waals surface area contributed by atoms with Gasteiger partial charge in [0, 0.05) is 9.86 Å². The number of rotatable bonds is 3. The number of benzene rings is 2. The minimum atomic E-state index is -0.310. The number of aryl methyl sites for hydroxylation is 1. The SMILES string of the molecule is Cc1ccc(Br)c(C(NN)c2cc3cc(F)ccc3o2)c1. The van der Waals surface area contributed by atoms with Gasteiger partial charge in [-0.3, -0.25) is 5.84 Å². The van der Waals surface area contributed by atoms with Crippen LogP contribution in [0.4, 0.5) is 4.39 Å². The first-order valence-corrected chi connectivity index (χ1v) is 7.29. The maximum absolute atomic E-state index is 13.3. The number of furan rings is 1. The molecule has 0 amide bonds. The first kappa shape index (κ1) is 14.3. The van der Waals surface area contributed by atoms with Gasteiger partial charge in [-0.15, -0.1) is 0 Å². The van der Waals surface area contributed by atoms with Crippen LogP contribution in [-0.2, 0) is 0 Å². The van der Waals surface area contributed by atoms with E-state index in [1.54, 1.807) is 12.1 Å². The Morgan fingerprint density at radius 1 is 1.19 bits per heavy atom. The molecule has 21 heavy (non-hydrogen) atoms. The molecule has 3 nitrogen and oxygen atoms in total. The molecule has 0 fully saturated rings. The average Bonchev–Trinajstić information content (AvgIpc) is 2.86. The number of hydrogen-bond donors (Lipinski definition) is 2. The van der Waals surface area contributed by atoms with E-state index in [-0.39, 0.29) is 11.9 Å². The van der Waals surface area contributed by atoms with Gasteiger partial charge in [-0.25, -0.2) is 9.82 Å². The molecule has 0 saturated carbocycles. The second-order valence-electron chi connectivity index (χ2n) is 4.96. The van der Waals surface area contributed by atoms with Crippen LogP contribution in [0.15, 0.2) is 51.4 Å². The Morgan fingerprint density at radius 2 is 2.00 bits per heavy atom. The second kappa shape index (κ2) is 5.60. The van der Waals surface area contributed by atoms with E-state index in [9.17, 15) is 4.39 Å². The predicted molar refractivity (Wildman–Crippen MR) is 84.2 cm³/mol. The maximum atomic E-state index is 13.3. The van der Waals surface area contributed by atoms with Crippen LogP contribution in [0.2, 0.25) is 0 Å². The highest BCUT2D eigenvalue weighted by Crippen LogP contribution is 2.32. The smallest absolute Gasteiger partial charge is 0.134 e. The summed E-state index contributed by atoms with van der Waals surface area (Å²) in [5.74, 6) is 6.06. The quantitative estimate of drug-likeness (QED) is 0.551. The number of nitrogens with one attached hydrogen (secondary N) is 1. The third kappa shape index (κ3) is 2.72. The molecule has 0 aliphatic rings. The third-order valence-electron chi connectivity index (χ3n) is 3.41. The highest BCUT2D eigenvalue weighted by molar-refractivity contribution is 9.10. The molecule has 1 heterocycles. The molecule has 0 aliphatic carbocycles. The molecule has 3 aromatic rings. The lowest BCUT2D eigenvalue weighted by atomic mass is 10.0. The van der Waals surface area contributed by atoms with E-state index in [0.717, 1.165) is 15.6 Å². The summed E-state index contributed by atoms with van der Waals surface area (Å²) in [4.78, 5) is 0. The van der Waals surface area contributed by atoms with E-state index >= 15 is 0 Å². The summed E-state index contributed by atoms with van der Waals surface area (Å²) in [6.07, 6.45) is 0. The zero-order chi connectivity index (χ0) is 15.0. The number of hydrogen-bond acceptors (Lipinski definition) is 3. The third-order valence-corrected chi connectivity index (χ3v) is 4.13. The van der Waals surface area contributed by atoms with Gasteiger partial charge in [-0.05, 0) is 42.8 Å². The fourth-order valence-electron chi connectivity index (χ4n) is 2.39. The van der Waals surface area contributed by atoms with Crippen LogP contribution >= 0.6 is 15.9 Å². The van der Waals surface area contributed by atoms with Crippen LogP contribution < -0.4 is 11.3 Å². The topological polar surface area (TPSA) is 51.2 Å². The van der Waals surface area contributed by atoms with Gasteiger partial charge in [0.15, 0.2) is 0 Å². The summed E-state index contributed by atoms with van der Waals surface area (Å²) in [7, 11) is 0. The van der Waals surface area contributed by atoms with Crippen molar-refractivity contribution in [2.24, 2.45) is 5.84 Å². The van der Waals surface area contributed by atoms with Crippen molar-refractivity contribution in [3.8, 4) is 0 Å². The molecule has 3 rings (SSSR count). The minimum Gasteiger partial charge on any atom is -0.459 e. The lowest BCUT2D eigenvalue weighted by Crippen LogP contribution is -2.28. The molecule has 1 atom stereocenters. The van der Waals surface area contributed by atoms with Gasteiger partial charge in [-0.1, -0.05) is 33.6 Å². The molecule has 0 aliphatic heterocycles. The Bertz CT molecular complexity index is 800. The van der Waals surface area contributed by atoms with Crippen molar-refractivity contribution in [1.29, 1.82) is 0 Å². The van der Waals surface area contributed by atoms with E-state index < -0.39 is 0 Å². The summed E-state index contributed by atoms with van der Waals surface area (Å²) < 4.78 is 20.0. The van der Waals surface area contributed by atoms with Crippen molar-refractivity contribution in [2.75, 3.05) is 0 Å². The molecule has 0 saturated heterocycles. The Kier molecular flexibility index (Phi) is 3.80. The molecule has 0 bridgehead atoms. The lowest BCUT2D eigenvalue weighted by Gasteiger charge is -2.16. The minimum absolute atomic E-state index is 0.288. The van der Waals surface area contributed by atoms with Crippen LogP contribution in [0.3, 0.4) is 0 Å². The van der Waals surface area contributed by atoms with Gasteiger partial charge in [0.1, 0.15) is 23.2 Å². The molecule has 2 aromatic carbocycles. The number of hydrazine groups is 1. The van der Waals surface area contributed by atoms with Gasteiger partial charge < -0.3 is 4.42 Å². The standard InChI is InChI=1S/C16H14BrFN2O/c1-9-2-4-13(17)12(6-9)16(20-19)15-8-10-7-11(18)3-5-14(10)21-15/h2-8,16,20H,19H2,1H3. The molecule has 0 spiro atoms. The highest BCUT2D eigenvalue weighted by Gasteiger charge is 2.20. The first-order chi connectivity index (χ1) is 10.1. The van der Waals surface area contributed by atoms with Crippen LogP contribution in [0.5, 0.6) is 0 Å². The van der Waals surface area contributed by atoms with Crippen LogP contribution in [-0.4, -0.2) is 0 Å². The zero-order valence-corrected chi connectivity index (χ0v) is 12.9. The average molecular weight is 349 g/mol. The van der Waals surface area contributed by atoms with Crippen molar-refractivity contribution >= 4 is 26.9 Å². The summed E-state index contributed by atoms with van der Waals surface area (Å²) in [6, 6.07) is 11.9. The molecular weight excluding hydrogens is 335 g/mol. The molecule has 108 valence electrons. The van der Waals surface area contributed by atoms with Crippen LogP contribution in [0.25, 0.3) is 11.0 Å². The monoisotopic (exact) mass is 348 g/mol. The molecule has 5 heteroatoms. The molecule has 1 aromatic heterocycles. The van der Waals surface area contributed by atoms with E-state index in [4.69, 9.17) is 10.3 Å². The Labute approximate surface area is 130 Å². The molecule has 0 radical (unpaired) electrons. The highest BCUT2D eigenvalue weighted by atomic mass is 79.9. The lowest BCUT2D eigenvalue weighted by molar-refractivity contribution is 0.476. The second-order valence-corrected chi connectivity index (χ2v) is 5.81. The van der Waals surface area contributed by atoms with Crippen molar-refractivity contribution in [1.82, 2.24) is 5.43 Å². The number of nitrogens with two attached hydrogens (primary N) is 1. The molecule has 3 N–H and O–H groups in total. The normalized spacial score (nSPS) is 12.8. The molecule has 1 unspecified atom stereocenters. The van der Waals surface area contributed by atoms with Crippen LogP contribution in [0.1, 0.15) is 22.9 Å². The fraction of sp³-hybridized carbons (Fsp3) is 0.125. The van der Waals surface area contributed by atoms with Crippen molar-refractivity contribution in [3.63, 3.8) is 0 Å². The largest absolute Gasteiger partial charge is 0.459 e. The molecular formula is C16H14BrFN2O. The van der Waals surface area contributed by atoms with Crippen molar-refractivity contribution < 1.29 is 8.81 Å². The first-order valence-electron chi connectivity index (χ1n) is 6.49. The zero-order valence-electron chi connectivity index (χ0n) is 11.4. The van der Waals surface area contributed by atoms with E-state index in [0.29, 0.717) is 16.7 Å². The van der Waals surface area contributed by atoms with E-state index in [1.807, 2.05) is 25.1 Å². The Morgan fingerprint density at radius 3 is 2.76 bits per heavy atom. The summed E-state index contributed by atoms with van der Waals surface area (Å²) >= 11 is 3.53. The maximum Gasteiger partial charge on any atom is 0.134 e. The van der Waals surface area contributed by atoms with Gasteiger partial charge in [0.25, 0.3) is 0 Å².